The first-order valence-corrected chi connectivity index (χ1v) is 3.66. The van der Waals surface area contributed by atoms with Gasteiger partial charge in [0, 0.05) is 6.20 Å². The highest BCUT2D eigenvalue weighted by atomic mass is 35.5. The van der Waals surface area contributed by atoms with Crippen LogP contribution in [-0.2, 0) is 11.3 Å². The van der Waals surface area contributed by atoms with E-state index in [0.717, 1.165) is 10.8 Å². The van der Waals surface area contributed by atoms with E-state index in [0.29, 0.717) is 0 Å². The molecule has 0 spiro atoms. The quantitative estimate of drug-likeness (QED) is 0.624. The van der Waals surface area contributed by atoms with Crippen molar-refractivity contribution in [1.29, 1.82) is 0 Å². The minimum atomic E-state index is -0.715. The van der Waals surface area contributed by atoms with E-state index in [-0.39, 0.29) is 11.6 Å². The highest BCUT2D eigenvalue weighted by Gasteiger charge is 2.03. The predicted molar refractivity (Wildman–Crippen MR) is 45.5 cm³/mol. The van der Waals surface area contributed by atoms with Crippen molar-refractivity contribution >= 4 is 17.5 Å². The van der Waals surface area contributed by atoms with Crippen LogP contribution in [0.4, 0.5) is 0 Å². The molecular weight excluding hydrogens is 198 g/mol. The van der Waals surface area contributed by atoms with Gasteiger partial charge in [-0.1, -0.05) is 11.6 Å². The highest BCUT2D eigenvalue weighted by molar-refractivity contribution is 6.30. The van der Waals surface area contributed by atoms with Crippen LogP contribution in [0.25, 0.3) is 0 Å². The van der Waals surface area contributed by atoms with Crippen molar-refractivity contribution in [3.05, 3.63) is 32.1 Å². The molecule has 0 radical (unpaired) electrons. The fourth-order valence-corrected chi connectivity index (χ4v) is 0.933. The Hall–Kier alpha value is -1.56. The molecule has 6 nitrogen and oxygen atoms in total. The Morgan fingerprint density at radius 1 is 1.62 bits per heavy atom. The normalized spacial score (nSPS) is 9.92. The largest absolute Gasteiger partial charge is 0.368 e. The maximum absolute atomic E-state index is 11.0. The van der Waals surface area contributed by atoms with E-state index in [2.05, 4.69) is 0 Å². The summed E-state index contributed by atoms with van der Waals surface area (Å²) in [6.07, 6.45) is 1.06. The van der Waals surface area contributed by atoms with Crippen LogP contribution in [0.2, 0.25) is 5.02 Å². The highest BCUT2D eigenvalue weighted by Crippen LogP contribution is 1.94. The number of nitrogens with one attached hydrogen (secondary N) is 1. The van der Waals surface area contributed by atoms with Gasteiger partial charge >= 0.3 is 5.69 Å². The van der Waals surface area contributed by atoms with Crippen LogP contribution in [0.3, 0.4) is 0 Å². The first kappa shape index (κ1) is 9.53. The van der Waals surface area contributed by atoms with Gasteiger partial charge in [0.05, 0.1) is 0 Å². The lowest BCUT2D eigenvalue weighted by molar-refractivity contribution is -0.118. The van der Waals surface area contributed by atoms with E-state index in [1.807, 2.05) is 4.98 Å². The number of aromatic amines is 1. The Morgan fingerprint density at radius 3 is 2.77 bits per heavy atom. The number of halogens is 1. The Labute approximate surface area is 76.9 Å². The molecule has 0 saturated carbocycles. The van der Waals surface area contributed by atoms with Gasteiger partial charge in [0.15, 0.2) is 0 Å². The number of nitrogens with two attached hydrogens (primary N) is 1. The van der Waals surface area contributed by atoms with E-state index >= 15 is 0 Å². The summed E-state index contributed by atoms with van der Waals surface area (Å²) >= 11 is 5.41. The SMILES string of the molecule is NC(=O)Cn1cc(Cl)c(=O)[nH]c1=O. The number of nitrogens with zero attached hydrogens (tertiary/aromatic N) is 1. The van der Waals surface area contributed by atoms with E-state index in [1.165, 1.54) is 0 Å². The number of hydrogen-bond acceptors (Lipinski definition) is 3. The van der Waals surface area contributed by atoms with Gasteiger partial charge in [0.1, 0.15) is 11.6 Å². The van der Waals surface area contributed by atoms with E-state index < -0.39 is 17.2 Å². The maximum atomic E-state index is 11.0. The lowest BCUT2D eigenvalue weighted by Gasteiger charge is -2.00. The molecule has 70 valence electrons. The minimum Gasteiger partial charge on any atom is -0.368 e. The first-order valence-electron chi connectivity index (χ1n) is 3.28. The second kappa shape index (κ2) is 3.44. The van der Waals surface area contributed by atoms with Crippen molar-refractivity contribution in [3.63, 3.8) is 0 Å². The predicted octanol–water partition coefficient (Wildman–Crippen LogP) is -1.32. The van der Waals surface area contributed by atoms with Crippen molar-refractivity contribution in [2.24, 2.45) is 5.73 Å². The molecule has 0 unspecified atom stereocenters. The van der Waals surface area contributed by atoms with Crippen LogP contribution < -0.4 is 17.0 Å². The molecular formula is C6H6ClN3O3. The average molecular weight is 204 g/mol. The fourth-order valence-electron chi connectivity index (χ4n) is 0.768. The zero-order chi connectivity index (χ0) is 10.0. The standard InChI is InChI=1S/C6H6ClN3O3/c7-3-1-10(2-4(8)11)6(13)9-5(3)12/h1H,2H2,(H2,8,11)(H,9,12,13). The summed E-state index contributed by atoms with van der Waals surface area (Å²) in [5, 5.41) is -0.166. The van der Waals surface area contributed by atoms with E-state index in [9.17, 15) is 14.4 Å². The lowest BCUT2D eigenvalue weighted by Crippen LogP contribution is -2.33. The van der Waals surface area contributed by atoms with Crippen molar-refractivity contribution in [1.82, 2.24) is 9.55 Å². The molecule has 0 aliphatic heterocycles. The Bertz CT molecular complexity index is 447. The van der Waals surface area contributed by atoms with Gasteiger partial charge in [-0.25, -0.2) is 4.79 Å². The number of aromatic nitrogens is 2. The lowest BCUT2D eigenvalue weighted by atomic mass is 10.5. The first-order chi connectivity index (χ1) is 6.00. The minimum absolute atomic E-state index is 0.166. The second-order valence-electron chi connectivity index (χ2n) is 2.33. The topological polar surface area (TPSA) is 97.9 Å². The number of primary amides is 1. The summed E-state index contributed by atoms with van der Waals surface area (Å²) in [7, 11) is 0. The van der Waals surface area contributed by atoms with Crippen molar-refractivity contribution in [2.75, 3.05) is 0 Å². The summed E-state index contributed by atoms with van der Waals surface area (Å²) in [6.45, 7) is -0.310. The van der Waals surface area contributed by atoms with Crippen LogP contribution >= 0.6 is 11.6 Å². The molecule has 0 aliphatic rings. The van der Waals surface area contributed by atoms with Gasteiger partial charge in [0.25, 0.3) is 5.56 Å². The van der Waals surface area contributed by atoms with Gasteiger partial charge in [-0.05, 0) is 0 Å². The van der Waals surface area contributed by atoms with E-state index in [1.54, 1.807) is 0 Å². The van der Waals surface area contributed by atoms with Crippen LogP contribution in [-0.4, -0.2) is 15.5 Å². The summed E-state index contributed by atoms with van der Waals surface area (Å²) in [5.74, 6) is -0.690. The van der Waals surface area contributed by atoms with Gasteiger partial charge in [-0.15, -0.1) is 0 Å². The Kier molecular flexibility index (Phi) is 2.52. The smallest absolute Gasteiger partial charge is 0.328 e. The molecule has 0 aliphatic carbocycles. The molecule has 1 aromatic heterocycles. The number of carbonyl (C=O) groups excluding carboxylic acids is 1. The molecule has 1 aromatic rings. The zero-order valence-corrected chi connectivity index (χ0v) is 7.17. The fraction of sp³-hybridized carbons (Fsp3) is 0.167. The molecule has 0 fully saturated rings. The molecule has 1 rings (SSSR count). The van der Waals surface area contributed by atoms with Crippen molar-refractivity contribution in [3.8, 4) is 0 Å². The zero-order valence-electron chi connectivity index (χ0n) is 6.41. The second-order valence-corrected chi connectivity index (χ2v) is 2.74. The molecule has 0 atom stereocenters. The average Bonchev–Trinajstić information content (AvgIpc) is 1.99. The third-order valence-corrected chi connectivity index (χ3v) is 1.56. The van der Waals surface area contributed by atoms with Crippen LogP contribution in [0, 0.1) is 0 Å². The molecule has 3 N–H and O–H groups in total. The Morgan fingerprint density at radius 2 is 2.23 bits per heavy atom. The van der Waals surface area contributed by atoms with Crippen molar-refractivity contribution in [2.45, 2.75) is 6.54 Å². The van der Waals surface area contributed by atoms with Gasteiger partial charge in [-0.2, -0.15) is 0 Å². The van der Waals surface area contributed by atoms with Gasteiger partial charge in [-0.3, -0.25) is 19.1 Å². The molecule has 0 bridgehead atoms. The molecule has 1 heterocycles. The molecule has 0 saturated heterocycles. The number of H-pyrrole nitrogens is 1. The summed E-state index contributed by atoms with van der Waals surface area (Å²) < 4.78 is 0.923. The summed E-state index contributed by atoms with van der Waals surface area (Å²) in [5.41, 5.74) is 3.45. The van der Waals surface area contributed by atoms with Crippen LogP contribution in [0.15, 0.2) is 15.8 Å². The maximum Gasteiger partial charge on any atom is 0.328 e. The third kappa shape index (κ3) is 2.19. The molecule has 7 heteroatoms. The van der Waals surface area contributed by atoms with E-state index in [4.69, 9.17) is 17.3 Å². The number of carbonyl (C=O) groups is 1. The van der Waals surface area contributed by atoms with Crippen molar-refractivity contribution < 1.29 is 4.79 Å². The summed E-state index contributed by atoms with van der Waals surface area (Å²) in [6, 6.07) is 0. The number of amides is 1. The van der Waals surface area contributed by atoms with Gasteiger partial charge in [0.2, 0.25) is 5.91 Å². The summed E-state index contributed by atoms with van der Waals surface area (Å²) in [4.78, 5) is 34.1. The van der Waals surface area contributed by atoms with Crippen LogP contribution in [0.5, 0.6) is 0 Å². The molecule has 1 amide bonds. The Balaban J connectivity index is 3.24. The number of hydrogen-bond donors (Lipinski definition) is 2. The van der Waals surface area contributed by atoms with Gasteiger partial charge < -0.3 is 5.73 Å². The molecule has 0 aromatic carbocycles. The third-order valence-electron chi connectivity index (χ3n) is 1.29. The number of rotatable bonds is 2. The molecule has 13 heavy (non-hydrogen) atoms. The monoisotopic (exact) mass is 203 g/mol. The van der Waals surface area contributed by atoms with Crippen LogP contribution in [0.1, 0.15) is 0 Å².